The van der Waals surface area contributed by atoms with Gasteiger partial charge in [-0.2, -0.15) is 0 Å². The molecule has 4 heteroatoms. The fourth-order valence-electron chi connectivity index (χ4n) is 8.70. The number of benzene rings is 9. The largest absolute Gasteiger partial charge is 0.456 e. The average Bonchev–Trinajstić information content (AvgIpc) is 3.82. The van der Waals surface area contributed by atoms with Crippen molar-refractivity contribution in [3.63, 3.8) is 0 Å². The van der Waals surface area contributed by atoms with Gasteiger partial charge in [0.2, 0.25) is 0 Å². The van der Waals surface area contributed by atoms with Gasteiger partial charge in [-0.05, 0) is 106 Å². The van der Waals surface area contributed by atoms with Gasteiger partial charge in [-0.25, -0.2) is 0 Å². The van der Waals surface area contributed by atoms with Gasteiger partial charge < -0.3 is 18.5 Å². The van der Waals surface area contributed by atoms with Crippen LogP contribution in [0.5, 0.6) is 11.5 Å². The van der Waals surface area contributed by atoms with Crippen LogP contribution in [0.4, 0.5) is 17.1 Å². The summed E-state index contributed by atoms with van der Waals surface area (Å²) in [5.41, 5.74) is 15.6. The lowest BCUT2D eigenvalue weighted by Gasteiger charge is -2.26. The molecule has 272 valence electrons. The van der Waals surface area contributed by atoms with Crippen molar-refractivity contribution < 1.29 is 13.6 Å². The molecule has 58 heavy (non-hydrogen) atoms. The molecule has 12 rings (SSSR count). The highest BCUT2D eigenvalue weighted by molar-refractivity contribution is 6.10. The smallest absolute Gasteiger partial charge is 0.159 e. The zero-order valence-electron chi connectivity index (χ0n) is 31.2. The molecule has 0 N–H and O–H groups in total. The second kappa shape index (κ2) is 12.9. The molecule has 0 saturated carbocycles. The highest BCUT2D eigenvalue weighted by Gasteiger charge is 2.22. The second-order valence-electron chi connectivity index (χ2n) is 14.8. The molecule has 0 atom stereocenters. The Labute approximate surface area is 334 Å². The molecule has 9 aromatic carbocycles. The Bertz CT molecular complexity index is 3370. The SMILES string of the molecule is c1ccc2c(c1)Oc1ccccc1-c1cc(-c3ccc(N(c4ccc(-c5ccc6oc7ccccc7c6c5)cc4)c4cccc5c4oc4ccccc45)cc3)ccc1-2. The van der Waals surface area contributed by atoms with Crippen molar-refractivity contribution in [3.8, 4) is 56.0 Å². The molecule has 11 aromatic rings. The van der Waals surface area contributed by atoms with Crippen LogP contribution in [0.25, 0.3) is 88.4 Å². The first-order chi connectivity index (χ1) is 28.7. The number of furan rings is 2. The summed E-state index contributed by atoms with van der Waals surface area (Å²) in [6.45, 7) is 0. The van der Waals surface area contributed by atoms with Crippen molar-refractivity contribution in [2.45, 2.75) is 0 Å². The van der Waals surface area contributed by atoms with E-state index >= 15 is 0 Å². The zero-order chi connectivity index (χ0) is 38.2. The Morgan fingerprint density at radius 2 is 0.828 bits per heavy atom. The molecule has 0 unspecified atom stereocenters. The number of para-hydroxylation sites is 5. The number of nitrogens with zero attached hydrogens (tertiary/aromatic N) is 1. The van der Waals surface area contributed by atoms with Crippen molar-refractivity contribution in [1.29, 1.82) is 0 Å². The van der Waals surface area contributed by atoms with E-state index in [1.54, 1.807) is 0 Å². The van der Waals surface area contributed by atoms with Crippen molar-refractivity contribution in [2.75, 3.05) is 4.90 Å². The first-order valence-electron chi connectivity index (χ1n) is 19.6. The summed E-state index contributed by atoms with van der Waals surface area (Å²) in [4.78, 5) is 2.30. The van der Waals surface area contributed by atoms with Crippen LogP contribution in [-0.4, -0.2) is 0 Å². The van der Waals surface area contributed by atoms with E-state index in [-0.39, 0.29) is 0 Å². The predicted molar refractivity (Wildman–Crippen MR) is 237 cm³/mol. The van der Waals surface area contributed by atoms with E-state index in [0.29, 0.717) is 0 Å². The van der Waals surface area contributed by atoms with Crippen molar-refractivity contribution in [1.82, 2.24) is 0 Å². The number of ether oxygens (including phenoxy) is 1. The summed E-state index contributed by atoms with van der Waals surface area (Å²) in [5.74, 6) is 1.73. The van der Waals surface area contributed by atoms with Gasteiger partial charge in [-0.1, -0.05) is 127 Å². The summed E-state index contributed by atoms with van der Waals surface area (Å²) in [7, 11) is 0. The summed E-state index contributed by atoms with van der Waals surface area (Å²) >= 11 is 0. The minimum absolute atomic E-state index is 0.848. The van der Waals surface area contributed by atoms with E-state index in [1.165, 1.54) is 0 Å². The Hall–Kier alpha value is -7.82. The quantitative estimate of drug-likeness (QED) is 0.176. The van der Waals surface area contributed by atoms with Crippen molar-refractivity contribution in [2.24, 2.45) is 0 Å². The van der Waals surface area contributed by atoms with Gasteiger partial charge in [-0.3, -0.25) is 0 Å². The van der Waals surface area contributed by atoms with Gasteiger partial charge in [0.1, 0.15) is 28.2 Å². The van der Waals surface area contributed by atoms with E-state index in [4.69, 9.17) is 13.6 Å². The highest BCUT2D eigenvalue weighted by Crippen LogP contribution is 2.48. The second-order valence-corrected chi connectivity index (χ2v) is 14.8. The Balaban J connectivity index is 0.966. The van der Waals surface area contributed by atoms with Crippen LogP contribution in [-0.2, 0) is 0 Å². The normalized spacial score (nSPS) is 11.9. The van der Waals surface area contributed by atoms with Gasteiger partial charge in [0.05, 0.1) is 5.69 Å². The molecule has 4 nitrogen and oxygen atoms in total. The van der Waals surface area contributed by atoms with Gasteiger partial charge in [0, 0.05) is 44.0 Å². The fourth-order valence-corrected chi connectivity index (χ4v) is 8.70. The molecule has 2 aromatic heterocycles. The standard InChI is InChI=1S/C54H33NO3/c1-5-16-49-41(10-1)40-30-24-36(32-46(40)43-12-3-6-17-50(43)56-49)34-20-26-38(27-21-34)55(48-15-9-14-45-42-11-2-8-19-52(42)58-54(45)48)39-28-22-35(23-29-39)37-25-31-53-47(33-37)44-13-4-7-18-51(44)57-53/h1-33H. The highest BCUT2D eigenvalue weighted by atomic mass is 16.5. The van der Waals surface area contributed by atoms with Crippen LogP contribution < -0.4 is 9.64 Å². The maximum atomic E-state index is 6.62. The minimum atomic E-state index is 0.848. The van der Waals surface area contributed by atoms with Crippen LogP contribution >= 0.6 is 0 Å². The summed E-state index contributed by atoms with van der Waals surface area (Å²) < 4.78 is 19.2. The topological polar surface area (TPSA) is 38.8 Å². The summed E-state index contributed by atoms with van der Waals surface area (Å²) in [5, 5.41) is 4.43. The first kappa shape index (κ1) is 32.4. The Morgan fingerprint density at radius 3 is 1.53 bits per heavy atom. The van der Waals surface area contributed by atoms with Crippen molar-refractivity contribution >= 4 is 60.9 Å². The molecular weight excluding hydrogens is 711 g/mol. The molecule has 0 saturated heterocycles. The van der Waals surface area contributed by atoms with E-state index in [2.05, 4.69) is 157 Å². The van der Waals surface area contributed by atoms with Crippen molar-refractivity contribution in [3.05, 3.63) is 200 Å². The first-order valence-corrected chi connectivity index (χ1v) is 19.6. The minimum Gasteiger partial charge on any atom is -0.456 e. The van der Waals surface area contributed by atoms with Crippen LogP contribution in [0, 0.1) is 0 Å². The van der Waals surface area contributed by atoms with E-state index < -0.39 is 0 Å². The summed E-state index contributed by atoms with van der Waals surface area (Å²) in [6.07, 6.45) is 0. The molecule has 0 bridgehead atoms. The average molecular weight is 744 g/mol. The van der Waals surface area contributed by atoms with Crippen LogP contribution in [0.2, 0.25) is 0 Å². The van der Waals surface area contributed by atoms with E-state index in [0.717, 1.165) is 117 Å². The molecule has 1 aliphatic rings. The molecule has 1 aliphatic heterocycles. The lowest BCUT2D eigenvalue weighted by Crippen LogP contribution is -2.10. The van der Waals surface area contributed by atoms with Crippen LogP contribution in [0.1, 0.15) is 0 Å². The van der Waals surface area contributed by atoms with Gasteiger partial charge in [-0.15, -0.1) is 0 Å². The number of anilines is 3. The maximum absolute atomic E-state index is 6.62. The lowest BCUT2D eigenvalue weighted by atomic mass is 9.91. The van der Waals surface area contributed by atoms with E-state index in [1.807, 2.05) is 48.5 Å². The monoisotopic (exact) mass is 743 g/mol. The predicted octanol–water partition coefficient (Wildman–Crippen LogP) is 15.7. The van der Waals surface area contributed by atoms with E-state index in [9.17, 15) is 0 Å². The van der Waals surface area contributed by atoms with Crippen LogP contribution in [0.15, 0.2) is 209 Å². The van der Waals surface area contributed by atoms with Gasteiger partial charge >= 0.3 is 0 Å². The van der Waals surface area contributed by atoms with Gasteiger partial charge in [0.25, 0.3) is 0 Å². The maximum Gasteiger partial charge on any atom is 0.159 e. The number of fused-ring (bicyclic) bond motifs is 11. The lowest BCUT2D eigenvalue weighted by molar-refractivity contribution is 0.488. The Morgan fingerprint density at radius 1 is 0.310 bits per heavy atom. The molecule has 0 amide bonds. The molecule has 0 fully saturated rings. The molecule has 3 heterocycles. The molecular formula is C54H33NO3. The third kappa shape index (κ3) is 5.16. The third-order valence-electron chi connectivity index (χ3n) is 11.5. The Kier molecular flexibility index (Phi) is 7.20. The molecule has 0 spiro atoms. The molecule has 0 aliphatic carbocycles. The molecule has 0 radical (unpaired) electrons. The number of hydrogen-bond donors (Lipinski definition) is 0. The number of hydrogen-bond acceptors (Lipinski definition) is 4. The summed E-state index contributed by atoms with van der Waals surface area (Å²) in [6, 6.07) is 70.3. The zero-order valence-corrected chi connectivity index (χ0v) is 31.2. The number of rotatable bonds is 5. The third-order valence-corrected chi connectivity index (χ3v) is 11.5. The fraction of sp³-hybridized carbons (Fsp3) is 0. The van der Waals surface area contributed by atoms with Crippen LogP contribution in [0.3, 0.4) is 0 Å². The van der Waals surface area contributed by atoms with Gasteiger partial charge in [0.15, 0.2) is 5.58 Å².